The molecule has 12 heavy (non-hydrogen) atoms. The van der Waals surface area contributed by atoms with Crippen molar-refractivity contribution < 1.29 is 10.2 Å². The van der Waals surface area contributed by atoms with Crippen LogP contribution in [-0.4, -0.2) is 16.8 Å². The maximum atomic E-state index is 9.51. The van der Waals surface area contributed by atoms with Gasteiger partial charge in [-0.2, -0.15) is 0 Å². The summed E-state index contributed by atoms with van der Waals surface area (Å²) in [4.78, 5) is 0.869. The van der Waals surface area contributed by atoms with E-state index in [1.807, 2.05) is 6.07 Å². The molecule has 0 spiro atoms. The maximum absolute atomic E-state index is 9.51. The molecular formula is C8H11ClO2S. The Bertz CT molecular complexity index is 237. The fourth-order valence-corrected chi connectivity index (χ4v) is 2.02. The van der Waals surface area contributed by atoms with Crippen molar-refractivity contribution in [2.75, 3.05) is 6.61 Å². The maximum Gasteiger partial charge on any atom is 0.0932 e. The van der Waals surface area contributed by atoms with E-state index >= 15 is 0 Å². The van der Waals surface area contributed by atoms with Crippen molar-refractivity contribution in [2.45, 2.75) is 18.9 Å². The van der Waals surface area contributed by atoms with Gasteiger partial charge in [0.2, 0.25) is 0 Å². The summed E-state index contributed by atoms with van der Waals surface area (Å²) in [5.41, 5.74) is 0. The van der Waals surface area contributed by atoms with Gasteiger partial charge in [0.1, 0.15) is 0 Å². The van der Waals surface area contributed by atoms with Crippen molar-refractivity contribution >= 4 is 22.9 Å². The summed E-state index contributed by atoms with van der Waals surface area (Å²) in [5.74, 6) is 0. The Balaban J connectivity index is 2.47. The van der Waals surface area contributed by atoms with Crippen molar-refractivity contribution in [2.24, 2.45) is 0 Å². The Hall–Kier alpha value is -0.0900. The van der Waals surface area contributed by atoms with Crippen LogP contribution in [0.2, 0.25) is 4.34 Å². The number of thiophene rings is 1. The first kappa shape index (κ1) is 9.99. The molecule has 0 aliphatic carbocycles. The molecule has 4 heteroatoms. The van der Waals surface area contributed by atoms with Crippen LogP contribution in [0.15, 0.2) is 12.1 Å². The number of hydrogen-bond acceptors (Lipinski definition) is 3. The molecule has 0 amide bonds. The molecule has 1 heterocycles. The van der Waals surface area contributed by atoms with Crippen molar-refractivity contribution in [3.8, 4) is 0 Å². The molecule has 0 aromatic carbocycles. The molecule has 1 unspecified atom stereocenters. The third-order valence-corrected chi connectivity index (χ3v) is 2.89. The minimum atomic E-state index is -0.477. The molecule has 0 fully saturated rings. The van der Waals surface area contributed by atoms with Crippen molar-refractivity contribution in [3.05, 3.63) is 21.3 Å². The molecule has 1 aromatic heterocycles. The predicted molar refractivity (Wildman–Crippen MR) is 50.6 cm³/mol. The number of aliphatic hydroxyl groups excluding tert-OH is 2. The van der Waals surface area contributed by atoms with Crippen molar-refractivity contribution in [1.82, 2.24) is 0 Å². The lowest BCUT2D eigenvalue weighted by Crippen LogP contribution is -1.95. The molecule has 0 radical (unpaired) electrons. The van der Waals surface area contributed by atoms with Gasteiger partial charge in [-0.05, 0) is 25.0 Å². The molecule has 1 aromatic rings. The summed E-state index contributed by atoms with van der Waals surface area (Å²) < 4.78 is 0.688. The van der Waals surface area contributed by atoms with E-state index in [1.54, 1.807) is 6.07 Å². The molecule has 2 N–H and O–H groups in total. The lowest BCUT2D eigenvalue weighted by Gasteiger charge is -2.05. The zero-order valence-corrected chi connectivity index (χ0v) is 8.11. The van der Waals surface area contributed by atoms with E-state index in [0.29, 0.717) is 17.2 Å². The quantitative estimate of drug-likeness (QED) is 0.793. The van der Waals surface area contributed by atoms with E-state index in [0.717, 1.165) is 4.88 Å². The molecule has 1 rings (SSSR count). The number of rotatable bonds is 4. The van der Waals surface area contributed by atoms with E-state index in [4.69, 9.17) is 16.7 Å². The van der Waals surface area contributed by atoms with Crippen LogP contribution in [0, 0.1) is 0 Å². The molecule has 0 aliphatic heterocycles. The van der Waals surface area contributed by atoms with E-state index in [2.05, 4.69) is 0 Å². The zero-order valence-electron chi connectivity index (χ0n) is 6.53. The average molecular weight is 207 g/mol. The summed E-state index contributed by atoms with van der Waals surface area (Å²) in [6.07, 6.45) is 0.735. The molecular weight excluding hydrogens is 196 g/mol. The number of aliphatic hydroxyl groups is 2. The highest BCUT2D eigenvalue weighted by Crippen LogP contribution is 2.28. The van der Waals surface area contributed by atoms with Gasteiger partial charge < -0.3 is 10.2 Å². The van der Waals surface area contributed by atoms with E-state index in [1.165, 1.54) is 11.3 Å². The summed E-state index contributed by atoms with van der Waals surface area (Å²) in [6.45, 7) is 0.121. The van der Waals surface area contributed by atoms with Crippen LogP contribution < -0.4 is 0 Å². The van der Waals surface area contributed by atoms with Gasteiger partial charge in [0.25, 0.3) is 0 Å². The van der Waals surface area contributed by atoms with Crippen LogP contribution in [0.5, 0.6) is 0 Å². The fourth-order valence-electron chi connectivity index (χ4n) is 0.934. The van der Waals surface area contributed by atoms with Gasteiger partial charge in [0, 0.05) is 11.5 Å². The molecule has 2 nitrogen and oxygen atoms in total. The molecule has 0 aliphatic rings. The molecule has 0 saturated carbocycles. The first-order valence-corrected chi connectivity index (χ1v) is 4.97. The van der Waals surface area contributed by atoms with Gasteiger partial charge in [-0.3, -0.25) is 0 Å². The first-order valence-electron chi connectivity index (χ1n) is 3.78. The van der Waals surface area contributed by atoms with Crippen LogP contribution in [0.25, 0.3) is 0 Å². The largest absolute Gasteiger partial charge is 0.396 e. The normalized spacial score (nSPS) is 13.2. The van der Waals surface area contributed by atoms with Gasteiger partial charge >= 0.3 is 0 Å². The van der Waals surface area contributed by atoms with E-state index in [9.17, 15) is 5.11 Å². The van der Waals surface area contributed by atoms with Crippen LogP contribution >= 0.6 is 22.9 Å². The lowest BCUT2D eigenvalue weighted by molar-refractivity contribution is 0.155. The third kappa shape index (κ3) is 2.75. The minimum absolute atomic E-state index is 0.121. The SMILES string of the molecule is OCCCC(O)c1ccc(Cl)s1. The summed E-state index contributed by atoms with van der Waals surface area (Å²) in [5, 5.41) is 18.0. The Kier molecular flexibility index (Phi) is 4.01. The Morgan fingerprint density at radius 2 is 2.25 bits per heavy atom. The monoisotopic (exact) mass is 206 g/mol. The van der Waals surface area contributed by atoms with Crippen LogP contribution in [0.4, 0.5) is 0 Å². The second-order valence-electron chi connectivity index (χ2n) is 2.52. The molecule has 1 atom stereocenters. The topological polar surface area (TPSA) is 40.5 Å². The number of halogens is 1. The molecule has 68 valence electrons. The van der Waals surface area contributed by atoms with Gasteiger partial charge in [-0.25, -0.2) is 0 Å². The lowest BCUT2D eigenvalue weighted by atomic mass is 10.2. The highest BCUT2D eigenvalue weighted by Gasteiger charge is 2.08. The average Bonchev–Trinajstić information content (AvgIpc) is 2.47. The van der Waals surface area contributed by atoms with Crippen LogP contribution in [0.1, 0.15) is 23.8 Å². The molecule has 0 bridgehead atoms. The summed E-state index contributed by atoms with van der Waals surface area (Å²) in [6, 6.07) is 3.58. The summed E-state index contributed by atoms with van der Waals surface area (Å²) >= 11 is 7.08. The van der Waals surface area contributed by atoms with Crippen molar-refractivity contribution in [1.29, 1.82) is 0 Å². The zero-order chi connectivity index (χ0) is 8.97. The number of hydrogen-bond donors (Lipinski definition) is 2. The third-order valence-electron chi connectivity index (χ3n) is 1.56. The van der Waals surface area contributed by atoms with Gasteiger partial charge in [-0.15, -0.1) is 11.3 Å². The highest BCUT2D eigenvalue weighted by atomic mass is 35.5. The van der Waals surface area contributed by atoms with Gasteiger partial charge in [0.15, 0.2) is 0 Å². The van der Waals surface area contributed by atoms with Gasteiger partial charge in [0.05, 0.1) is 10.4 Å². The first-order chi connectivity index (χ1) is 5.74. The predicted octanol–water partition coefficient (Wildman–Crippen LogP) is 2.21. The van der Waals surface area contributed by atoms with Crippen LogP contribution in [0.3, 0.4) is 0 Å². The van der Waals surface area contributed by atoms with Gasteiger partial charge in [-0.1, -0.05) is 11.6 Å². The Morgan fingerprint density at radius 1 is 1.50 bits per heavy atom. The Labute approximate surface area is 80.4 Å². The van der Waals surface area contributed by atoms with E-state index in [-0.39, 0.29) is 6.61 Å². The Morgan fingerprint density at radius 3 is 2.75 bits per heavy atom. The minimum Gasteiger partial charge on any atom is -0.396 e. The second-order valence-corrected chi connectivity index (χ2v) is 4.27. The fraction of sp³-hybridized carbons (Fsp3) is 0.500. The summed E-state index contributed by atoms with van der Waals surface area (Å²) in [7, 11) is 0. The second kappa shape index (κ2) is 4.82. The smallest absolute Gasteiger partial charge is 0.0932 e. The highest BCUT2D eigenvalue weighted by molar-refractivity contribution is 7.16. The van der Waals surface area contributed by atoms with Crippen molar-refractivity contribution in [3.63, 3.8) is 0 Å². The molecule has 0 saturated heterocycles. The van der Waals surface area contributed by atoms with E-state index < -0.39 is 6.10 Å². The standard InChI is InChI=1S/C8H11ClO2S/c9-8-4-3-7(12-8)6(11)2-1-5-10/h3-4,6,10-11H,1-2,5H2. The van der Waals surface area contributed by atoms with Crippen LogP contribution in [-0.2, 0) is 0 Å².